The summed E-state index contributed by atoms with van der Waals surface area (Å²) in [4.78, 5) is 42.9. The van der Waals surface area contributed by atoms with Gasteiger partial charge in [-0.3, -0.25) is 19.4 Å². The van der Waals surface area contributed by atoms with Crippen molar-refractivity contribution in [1.29, 1.82) is 0 Å². The Hall–Kier alpha value is -4.20. The Morgan fingerprint density at radius 3 is 2.16 bits per heavy atom. The van der Waals surface area contributed by atoms with Gasteiger partial charge >= 0.3 is 5.97 Å². The molecule has 8 nitrogen and oxygen atoms in total. The van der Waals surface area contributed by atoms with Crippen LogP contribution in [-0.2, 0) is 27.2 Å². The van der Waals surface area contributed by atoms with E-state index >= 15 is 0 Å². The predicted octanol–water partition coefficient (Wildman–Crippen LogP) is 3.90. The van der Waals surface area contributed by atoms with Crippen molar-refractivity contribution in [3.8, 4) is 5.75 Å². The van der Waals surface area contributed by atoms with Gasteiger partial charge in [-0.2, -0.15) is 0 Å². The number of amides is 2. The molecule has 38 heavy (non-hydrogen) atoms. The van der Waals surface area contributed by atoms with Crippen LogP contribution >= 0.6 is 0 Å². The molecule has 0 fully saturated rings. The lowest BCUT2D eigenvalue weighted by atomic mass is 10.0. The molecule has 0 spiro atoms. The summed E-state index contributed by atoms with van der Waals surface area (Å²) >= 11 is 0. The highest BCUT2D eigenvalue weighted by atomic mass is 16.5. The molecule has 0 radical (unpaired) electrons. The standard InChI is InChI=1S/C30H35N3O5/c34-28(32-26(22-30(36)37)14-13-24-8-3-1-4-9-24)23-33(20-17-25-10-5-2-6-11-25)29(35)12-7-21-38-27-15-18-31-19-16-27/h1-6,8-11,15-16,18-19,26H,7,12-14,17,20-23H2,(H,32,34)(H,36,37). The third-order valence-corrected chi connectivity index (χ3v) is 6.06. The van der Waals surface area contributed by atoms with Gasteiger partial charge in [0.05, 0.1) is 19.6 Å². The second-order valence-electron chi connectivity index (χ2n) is 9.07. The average molecular weight is 518 g/mol. The van der Waals surface area contributed by atoms with Crippen LogP contribution in [0.3, 0.4) is 0 Å². The van der Waals surface area contributed by atoms with E-state index in [2.05, 4.69) is 10.3 Å². The fourth-order valence-electron chi connectivity index (χ4n) is 4.07. The molecule has 0 bridgehead atoms. The fourth-order valence-corrected chi connectivity index (χ4v) is 4.07. The van der Waals surface area contributed by atoms with Gasteiger partial charge < -0.3 is 20.1 Å². The van der Waals surface area contributed by atoms with E-state index in [1.54, 1.807) is 29.4 Å². The number of hydrogen-bond acceptors (Lipinski definition) is 5. The summed E-state index contributed by atoms with van der Waals surface area (Å²) in [5.74, 6) is -0.797. The van der Waals surface area contributed by atoms with E-state index < -0.39 is 12.0 Å². The minimum Gasteiger partial charge on any atom is -0.493 e. The first-order chi connectivity index (χ1) is 18.5. The van der Waals surface area contributed by atoms with Gasteiger partial charge in [-0.1, -0.05) is 60.7 Å². The summed E-state index contributed by atoms with van der Waals surface area (Å²) in [5, 5.41) is 12.2. The lowest BCUT2D eigenvalue weighted by molar-refractivity contribution is -0.139. The smallest absolute Gasteiger partial charge is 0.305 e. The number of benzene rings is 2. The summed E-state index contributed by atoms with van der Waals surface area (Å²) in [6.45, 7) is 0.627. The number of aromatic nitrogens is 1. The first kappa shape index (κ1) is 28.4. The number of hydrogen-bond donors (Lipinski definition) is 2. The molecule has 1 unspecified atom stereocenters. The minimum absolute atomic E-state index is 0.127. The predicted molar refractivity (Wildman–Crippen MR) is 145 cm³/mol. The van der Waals surface area contributed by atoms with Crippen molar-refractivity contribution in [2.24, 2.45) is 0 Å². The zero-order valence-electron chi connectivity index (χ0n) is 21.5. The van der Waals surface area contributed by atoms with Crippen LogP contribution in [0.15, 0.2) is 85.2 Å². The van der Waals surface area contributed by atoms with E-state index in [0.29, 0.717) is 44.6 Å². The highest BCUT2D eigenvalue weighted by molar-refractivity contribution is 5.85. The van der Waals surface area contributed by atoms with Gasteiger partial charge in [0.25, 0.3) is 0 Å². The number of aryl methyl sites for hydroxylation is 1. The Balaban J connectivity index is 1.56. The van der Waals surface area contributed by atoms with Crippen molar-refractivity contribution >= 4 is 17.8 Å². The number of rotatable bonds is 16. The van der Waals surface area contributed by atoms with Crippen molar-refractivity contribution in [3.63, 3.8) is 0 Å². The Morgan fingerprint density at radius 1 is 0.895 bits per heavy atom. The SMILES string of the molecule is O=C(O)CC(CCc1ccccc1)NC(=O)CN(CCc1ccccc1)C(=O)CCCOc1ccncc1. The molecule has 0 aliphatic carbocycles. The van der Waals surface area contributed by atoms with Gasteiger partial charge in [-0.15, -0.1) is 0 Å². The number of nitrogens with one attached hydrogen (secondary N) is 1. The average Bonchev–Trinajstić information content (AvgIpc) is 2.93. The van der Waals surface area contributed by atoms with E-state index in [4.69, 9.17) is 4.74 Å². The van der Waals surface area contributed by atoms with E-state index in [-0.39, 0.29) is 31.2 Å². The molecule has 2 amide bonds. The fraction of sp³-hybridized carbons (Fsp3) is 0.333. The third-order valence-electron chi connectivity index (χ3n) is 6.06. The molecule has 1 heterocycles. The number of ether oxygens (including phenoxy) is 1. The third kappa shape index (κ3) is 10.8. The molecule has 0 saturated carbocycles. The molecule has 3 rings (SSSR count). The highest BCUT2D eigenvalue weighted by Gasteiger charge is 2.21. The molecule has 0 aliphatic heterocycles. The van der Waals surface area contributed by atoms with Crippen molar-refractivity contribution in [2.75, 3.05) is 19.7 Å². The number of pyridine rings is 1. The molecule has 3 aromatic rings. The van der Waals surface area contributed by atoms with Crippen molar-refractivity contribution < 1.29 is 24.2 Å². The molecule has 1 aromatic heterocycles. The van der Waals surface area contributed by atoms with E-state index in [9.17, 15) is 19.5 Å². The normalized spacial score (nSPS) is 11.4. The van der Waals surface area contributed by atoms with E-state index in [1.807, 2.05) is 60.7 Å². The lowest BCUT2D eigenvalue weighted by Gasteiger charge is -2.24. The molecule has 0 aliphatic rings. The Bertz CT molecular complexity index is 1130. The van der Waals surface area contributed by atoms with E-state index in [1.165, 1.54) is 0 Å². The number of carbonyl (C=O) groups is 3. The number of carbonyl (C=O) groups excluding carboxylic acids is 2. The Kier molecular flexibility index (Phi) is 11.8. The van der Waals surface area contributed by atoms with Crippen LogP contribution in [0.25, 0.3) is 0 Å². The number of aliphatic carboxylic acids is 1. The maximum absolute atomic E-state index is 13.1. The van der Waals surface area contributed by atoms with Gasteiger partial charge in [0.15, 0.2) is 0 Å². The number of carboxylic acids is 1. The summed E-state index contributed by atoms with van der Waals surface area (Å²) < 4.78 is 5.65. The topological polar surface area (TPSA) is 109 Å². The van der Waals surface area contributed by atoms with Gasteiger partial charge in [0, 0.05) is 31.4 Å². The molecule has 2 N–H and O–H groups in total. The van der Waals surface area contributed by atoms with Gasteiger partial charge in [-0.05, 0) is 48.9 Å². The number of nitrogens with zero attached hydrogens (tertiary/aromatic N) is 2. The van der Waals surface area contributed by atoms with E-state index in [0.717, 1.165) is 11.1 Å². The van der Waals surface area contributed by atoms with Crippen molar-refractivity contribution in [1.82, 2.24) is 15.2 Å². The van der Waals surface area contributed by atoms with Crippen molar-refractivity contribution in [3.05, 3.63) is 96.3 Å². The summed E-state index contributed by atoms with van der Waals surface area (Å²) in [6, 6.07) is 22.5. The second-order valence-corrected chi connectivity index (χ2v) is 9.07. The highest BCUT2D eigenvalue weighted by Crippen LogP contribution is 2.10. The van der Waals surface area contributed by atoms with Crippen LogP contribution in [-0.4, -0.2) is 58.5 Å². The maximum Gasteiger partial charge on any atom is 0.305 e. The van der Waals surface area contributed by atoms with Crippen LogP contribution in [0.4, 0.5) is 0 Å². The molecule has 8 heteroatoms. The Morgan fingerprint density at radius 2 is 1.53 bits per heavy atom. The van der Waals surface area contributed by atoms with Gasteiger partial charge in [-0.25, -0.2) is 0 Å². The quantitative estimate of drug-likeness (QED) is 0.279. The molecular formula is C30H35N3O5. The first-order valence-electron chi connectivity index (χ1n) is 12.9. The van der Waals surface area contributed by atoms with Crippen LogP contribution < -0.4 is 10.1 Å². The van der Waals surface area contributed by atoms with Crippen LogP contribution in [0.2, 0.25) is 0 Å². The summed E-state index contributed by atoms with van der Waals surface area (Å²) in [6.07, 6.45) is 5.59. The molecule has 200 valence electrons. The molecule has 0 saturated heterocycles. The minimum atomic E-state index is -0.977. The zero-order valence-corrected chi connectivity index (χ0v) is 21.5. The van der Waals surface area contributed by atoms with Crippen molar-refractivity contribution in [2.45, 2.75) is 44.6 Å². The second kappa shape index (κ2) is 15.8. The van der Waals surface area contributed by atoms with Gasteiger partial charge in [0.2, 0.25) is 11.8 Å². The van der Waals surface area contributed by atoms with Crippen LogP contribution in [0.5, 0.6) is 5.75 Å². The zero-order chi connectivity index (χ0) is 27.0. The molecule has 1 atom stereocenters. The monoisotopic (exact) mass is 517 g/mol. The van der Waals surface area contributed by atoms with Crippen LogP contribution in [0, 0.1) is 0 Å². The largest absolute Gasteiger partial charge is 0.493 e. The molecule has 2 aromatic carbocycles. The Labute approximate surface area is 223 Å². The summed E-state index contributed by atoms with van der Waals surface area (Å²) in [5.41, 5.74) is 2.14. The molecular weight excluding hydrogens is 482 g/mol. The number of carboxylic acid groups (broad SMARTS) is 1. The first-order valence-corrected chi connectivity index (χ1v) is 12.9. The van der Waals surface area contributed by atoms with Gasteiger partial charge in [0.1, 0.15) is 5.75 Å². The summed E-state index contributed by atoms with van der Waals surface area (Å²) in [7, 11) is 0. The van der Waals surface area contributed by atoms with Crippen LogP contribution in [0.1, 0.15) is 36.8 Å². The maximum atomic E-state index is 13.1. The lowest BCUT2D eigenvalue weighted by Crippen LogP contribution is -2.45.